The number of methoxy groups -OCH3 is 1. The van der Waals surface area contributed by atoms with Crippen LogP contribution in [0.3, 0.4) is 0 Å². The van der Waals surface area contributed by atoms with E-state index in [1.54, 1.807) is 24.1 Å². The molecule has 1 aliphatic rings. The summed E-state index contributed by atoms with van der Waals surface area (Å²) in [5.41, 5.74) is 1.07. The van der Waals surface area contributed by atoms with Crippen LogP contribution in [0.1, 0.15) is 41.7 Å². The molecule has 1 unspecified atom stereocenters. The van der Waals surface area contributed by atoms with E-state index in [9.17, 15) is 18.0 Å². The fraction of sp³-hybridized carbons (Fsp3) is 0.391. The van der Waals surface area contributed by atoms with E-state index in [0.29, 0.717) is 12.8 Å². The van der Waals surface area contributed by atoms with Gasteiger partial charge in [-0.05, 0) is 37.5 Å². The van der Waals surface area contributed by atoms with E-state index in [1.807, 2.05) is 37.3 Å². The Morgan fingerprint density at radius 1 is 1.03 bits per heavy atom. The standard InChI is InChI=1S/C23H28N2O5S/c1-17(18-9-5-4-6-10-18)24(2)22(26)19-13-15-25(16-14-19)31(28,29)21-12-8-7-11-20(21)23(27)30-3/h4-12,17,19H,13-16H2,1-3H3. The number of esters is 1. The Balaban J connectivity index is 1.69. The molecule has 0 saturated carbocycles. The summed E-state index contributed by atoms with van der Waals surface area (Å²) in [4.78, 5) is 26.7. The van der Waals surface area contributed by atoms with Crippen LogP contribution < -0.4 is 0 Å². The average molecular weight is 445 g/mol. The van der Waals surface area contributed by atoms with Crippen LogP contribution in [0.5, 0.6) is 0 Å². The first kappa shape index (κ1) is 23.0. The molecule has 8 heteroatoms. The minimum atomic E-state index is -3.87. The van der Waals surface area contributed by atoms with Crippen molar-refractivity contribution in [2.24, 2.45) is 5.92 Å². The van der Waals surface area contributed by atoms with Crippen LogP contribution in [-0.4, -0.2) is 56.7 Å². The van der Waals surface area contributed by atoms with Crippen molar-refractivity contribution in [3.8, 4) is 0 Å². The van der Waals surface area contributed by atoms with Crippen molar-refractivity contribution in [2.75, 3.05) is 27.2 Å². The smallest absolute Gasteiger partial charge is 0.339 e. The van der Waals surface area contributed by atoms with Gasteiger partial charge in [0.1, 0.15) is 0 Å². The van der Waals surface area contributed by atoms with Gasteiger partial charge in [-0.25, -0.2) is 13.2 Å². The number of sulfonamides is 1. The molecule has 0 bridgehead atoms. The number of rotatable bonds is 6. The SMILES string of the molecule is COC(=O)c1ccccc1S(=O)(=O)N1CCC(C(=O)N(C)C(C)c2ccccc2)CC1. The highest BCUT2D eigenvalue weighted by Gasteiger charge is 2.35. The summed E-state index contributed by atoms with van der Waals surface area (Å²) >= 11 is 0. The lowest BCUT2D eigenvalue weighted by Gasteiger charge is -2.34. The minimum absolute atomic E-state index is 0.0135. The molecule has 166 valence electrons. The summed E-state index contributed by atoms with van der Waals surface area (Å²) in [5.74, 6) is -0.914. The molecule has 1 heterocycles. The maximum Gasteiger partial charge on any atom is 0.339 e. The second-order valence-corrected chi connectivity index (χ2v) is 9.61. The summed E-state index contributed by atoms with van der Waals surface area (Å²) in [6, 6.07) is 15.8. The molecule has 0 radical (unpaired) electrons. The van der Waals surface area contributed by atoms with Crippen LogP contribution in [0, 0.1) is 5.92 Å². The highest BCUT2D eigenvalue weighted by molar-refractivity contribution is 7.89. The molecule has 0 spiro atoms. The average Bonchev–Trinajstić information content (AvgIpc) is 2.82. The molecular weight excluding hydrogens is 416 g/mol. The lowest BCUT2D eigenvalue weighted by molar-refractivity contribution is -0.137. The van der Waals surface area contributed by atoms with Gasteiger partial charge in [0, 0.05) is 26.1 Å². The Labute approximate surface area is 183 Å². The highest BCUT2D eigenvalue weighted by Crippen LogP contribution is 2.29. The van der Waals surface area contributed by atoms with Gasteiger partial charge in [0.15, 0.2) is 0 Å². The zero-order valence-electron chi connectivity index (χ0n) is 18.0. The van der Waals surface area contributed by atoms with E-state index < -0.39 is 16.0 Å². The third-order valence-electron chi connectivity index (χ3n) is 5.92. The van der Waals surface area contributed by atoms with Gasteiger partial charge in [-0.15, -0.1) is 0 Å². The molecule has 0 aromatic heterocycles. The zero-order valence-corrected chi connectivity index (χ0v) is 18.8. The predicted molar refractivity (Wildman–Crippen MR) is 117 cm³/mol. The van der Waals surface area contributed by atoms with Crippen molar-refractivity contribution in [3.63, 3.8) is 0 Å². The molecular formula is C23H28N2O5S. The highest BCUT2D eigenvalue weighted by atomic mass is 32.2. The number of hydrogen-bond donors (Lipinski definition) is 0. The molecule has 0 N–H and O–H groups in total. The lowest BCUT2D eigenvalue weighted by atomic mass is 9.95. The molecule has 0 aliphatic carbocycles. The maximum atomic E-state index is 13.2. The second-order valence-electron chi connectivity index (χ2n) is 7.70. The largest absolute Gasteiger partial charge is 0.465 e. The number of amides is 1. The van der Waals surface area contributed by atoms with Crippen LogP contribution in [0.4, 0.5) is 0 Å². The molecule has 1 atom stereocenters. The predicted octanol–water partition coefficient (Wildman–Crippen LogP) is 3.09. The van der Waals surface area contributed by atoms with E-state index in [0.717, 1.165) is 5.56 Å². The van der Waals surface area contributed by atoms with Crippen LogP contribution in [0.25, 0.3) is 0 Å². The van der Waals surface area contributed by atoms with Crippen LogP contribution >= 0.6 is 0 Å². The first-order valence-corrected chi connectivity index (χ1v) is 11.7. The topological polar surface area (TPSA) is 84.0 Å². The number of ether oxygens (including phenoxy) is 1. The second kappa shape index (κ2) is 9.62. The number of hydrogen-bond acceptors (Lipinski definition) is 5. The normalized spacial score (nSPS) is 16.5. The summed E-state index contributed by atoms with van der Waals surface area (Å²) in [6.45, 7) is 2.43. The van der Waals surface area contributed by atoms with E-state index in [1.165, 1.54) is 23.5 Å². The monoisotopic (exact) mass is 444 g/mol. The Morgan fingerprint density at radius 2 is 1.61 bits per heavy atom. The number of piperidine rings is 1. The number of benzene rings is 2. The van der Waals surface area contributed by atoms with Gasteiger partial charge in [-0.3, -0.25) is 4.79 Å². The molecule has 1 amide bonds. The van der Waals surface area contributed by atoms with Gasteiger partial charge in [0.2, 0.25) is 15.9 Å². The summed E-state index contributed by atoms with van der Waals surface area (Å²) in [5, 5.41) is 0. The molecule has 7 nitrogen and oxygen atoms in total. The van der Waals surface area contributed by atoms with E-state index in [4.69, 9.17) is 4.74 Å². The van der Waals surface area contributed by atoms with Crippen LogP contribution in [0.2, 0.25) is 0 Å². The van der Waals surface area contributed by atoms with Crippen molar-refractivity contribution >= 4 is 21.9 Å². The number of carbonyl (C=O) groups excluding carboxylic acids is 2. The fourth-order valence-corrected chi connectivity index (χ4v) is 5.54. The van der Waals surface area contributed by atoms with Crippen molar-refractivity contribution in [3.05, 3.63) is 65.7 Å². The van der Waals surface area contributed by atoms with Crippen LogP contribution in [0.15, 0.2) is 59.5 Å². The van der Waals surface area contributed by atoms with Gasteiger partial charge in [0.25, 0.3) is 0 Å². The summed E-state index contributed by atoms with van der Waals surface area (Å²) in [6.07, 6.45) is 0.870. The number of nitrogens with zero attached hydrogens (tertiary/aromatic N) is 2. The Bertz CT molecular complexity index is 1030. The molecule has 2 aromatic carbocycles. The van der Waals surface area contributed by atoms with E-state index >= 15 is 0 Å². The van der Waals surface area contributed by atoms with Gasteiger partial charge in [-0.1, -0.05) is 42.5 Å². The van der Waals surface area contributed by atoms with Gasteiger partial charge in [-0.2, -0.15) is 4.31 Å². The fourth-order valence-electron chi connectivity index (χ4n) is 3.89. The first-order valence-electron chi connectivity index (χ1n) is 10.3. The molecule has 1 fully saturated rings. The van der Waals surface area contributed by atoms with E-state index in [-0.39, 0.29) is 41.4 Å². The van der Waals surface area contributed by atoms with Crippen LogP contribution in [-0.2, 0) is 19.6 Å². The van der Waals surface area contributed by atoms with Gasteiger partial charge in [0.05, 0.1) is 23.6 Å². The third-order valence-corrected chi connectivity index (χ3v) is 7.88. The van der Waals surface area contributed by atoms with Gasteiger partial charge >= 0.3 is 5.97 Å². The molecule has 1 aliphatic heterocycles. The molecule has 1 saturated heterocycles. The molecule has 3 rings (SSSR count). The van der Waals surface area contributed by atoms with Crippen molar-refractivity contribution in [1.29, 1.82) is 0 Å². The molecule has 31 heavy (non-hydrogen) atoms. The quantitative estimate of drug-likeness (QED) is 0.640. The summed E-state index contributed by atoms with van der Waals surface area (Å²) < 4.78 is 32.4. The maximum absolute atomic E-state index is 13.2. The third kappa shape index (κ3) is 4.80. The summed E-state index contributed by atoms with van der Waals surface area (Å²) in [7, 11) is -0.863. The van der Waals surface area contributed by atoms with Crippen molar-refractivity contribution in [2.45, 2.75) is 30.7 Å². The Kier molecular flexibility index (Phi) is 7.12. The van der Waals surface area contributed by atoms with Gasteiger partial charge < -0.3 is 9.64 Å². The zero-order chi connectivity index (χ0) is 22.6. The minimum Gasteiger partial charge on any atom is -0.465 e. The van der Waals surface area contributed by atoms with Crippen molar-refractivity contribution < 1.29 is 22.7 Å². The number of carbonyl (C=O) groups is 2. The van der Waals surface area contributed by atoms with E-state index in [2.05, 4.69) is 0 Å². The Morgan fingerprint density at radius 3 is 2.23 bits per heavy atom. The lowest BCUT2D eigenvalue weighted by Crippen LogP contribution is -2.44. The molecule has 2 aromatic rings. The first-order chi connectivity index (χ1) is 14.8. The van der Waals surface area contributed by atoms with Crippen molar-refractivity contribution in [1.82, 2.24) is 9.21 Å². The Hall–Kier alpha value is -2.71.